The summed E-state index contributed by atoms with van der Waals surface area (Å²) in [5.74, 6) is -6.97. The van der Waals surface area contributed by atoms with Crippen LogP contribution in [0.5, 0.6) is 11.5 Å². The number of rotatable bonds is 29. The molecule has 2 heterocycles. The molecule has 0 aromatic heterocycles. The monoisotopic (exact) mass is 1050 g/mol. The van der Waals surface area contributed by atoms with E-state index in [9.17, 15) is 58.5 Å². The molecule has 0 aliphatic carbocycles. The van der Waals surface area contributed by atoms with E-state index >= 15 is 0 Å². The minimum Gasteiger partial charge on any atom is -0.508 e. The van der Waals surface area contributed by atoms with E-state index in [-0.39, 0.29) is 101 Å². The number of phenols is 2. The van der Waals surface area contributed by atoms with Crippen LogP contribution in [0.2, 0.25) is 0 Å². The topological polar surface area (TPSA) is 409 Å². The Morgan fingerprint density at radius 3 is 1.75 bits per heavy atom. The van der Waals surface area contributed by atoms with Gasteiger partial charge in [-0.1, -0.05) is 38.1 Å². The Labute approximate surface area is 435 Å². The number of benzene rings is 2. The van der Waals surface area contributed by atoms with Gasteiger partial charge >= 0.3 is 5.97 Å². The molecule has 2 saturated heterocycles. The molecule has 2 aliphatic rings. The highest BCUT2D eigenvalue weighted by atomic mass is 16.4. The number of carbonyl (C=O) groups is 9. The molecular formula is C50H75N13O12. The molecule has 17 N–H and O–H groups in total. The minimum atomic E-state index is -1.31. The lowest BCUT2D eigenvalue weighted by molar-refractivity contribution is -0.149. The maximum absolute atomic E-state index is 14.3. The number of nitrogens with zero attached hydrogens (tertiary/aromatic N) is 3. The van der Waals surface area contributed by atoms with Crippen molar-refractivity contribution < 1.29 is 58.5 Å². The van der Waals surface area contributed by atoms with Crippen LogP contribution in [-0.4, -0.2) is 166 Å². The zero-order valence-corrected chi connectivity index (χ0v) is 42.6. The number of likely N-dealkylation sites (tertiary alicyclic amines) is 2. The Morgan fingerprint density at radius 2 is 1.19 bits per heavy atom. The smallest absolute Gasteiger partial charge is 0.326 e. The number of aromatic hydroxyl groups is 2. The summed E-state index contributed by atoms with van der Waals surface area (Å²) in [6, 6.07) is 3.92. The van der Waals surface area contributed by atoms with E-state index in [0.29, 0.717) is 36.8 Å². The number of carbonyl (C=O) groups excluding carboxylic acids is 8. The van der Waals surface area contributed by atoms with Crippen molar-refractivity contribution in [2.75, 3.05) is 39.3 Å². The Bertz CT molecular complexity index is 2310. The highest BCUT2D eigenvalue weighted by Crippen LogP contribution is 2.22. The molecule has 8 amide bonds. The SMILES string of the molecule is CC(C)C[C@H](NC(=O)[C@@H]1CCCN1C(=O)CNC(=O)CNC(=O)[C@@H](N)Cc1ccc(O)cc1)C(=O)N[C@@H](CCCN=C(N)N)C(=O)N[C@@H](CCCCN)C(=O)N[C@@H](Cc1ccc(O)cc1)C(=O)N1CCC[C@H]1C(=O)O. The van der Waals surface area contributed by atoms with Gasteiger partial charge in [-0.05, 0) is 118 Å². The Balaban J connectivity index is 1.45. The van der Waals surface area contributed by atoms with E-state index in [1.165, 1.54) is 34.1 Å². The molecule has 4 rings (SSSR count). The van der Waals surface area contributed by atoms with Crippen molar-refractivity contribution in [2.24, 2.45) is 33.8 Å². The van der Waals surface area contributed by atoms with Crippen molar-refractivity contribution in [1.29, 1.82) is 0 Å². The molecule has 2 fully saturated rings. The van der Waals surface area contributed by atoms with Crippen LogP contribution in [0.4, 0.5) is 0 Å². The molecule has 0 saturated carbocycles. The van der Waals surface area contributed by atoms with Gasteiger partial charge in [0, 0.05) is 26.1 Å². The number of carboxylic acid groups (broad SMARTS) is 1. The number of hydrogen-bond acceptors (Lipinski definition) is 14. The standard InChI is InChI=1S/C50H75N13O12/c1-29(2)24-37(60-47(72)39-10-6-22-62(39)42(67)28-56-41(66)27-57-43(68)34(52)25-30-12-16-32(64)17-13-30)46(71)59-36(9-5-21-55-50(53)54)44(69)58-35(8-3-4-20-51)45(70)61-38(26-31-14-18-33(65)19-15-31)48(73)63-23-7-11-40(63)49(74)75/h12-19,29,34-40,64-65H,3-11,20-28,51-52H2,1-2H3,(H,56,66)(H,57,68)(H,58,69)(H,59,71)(H,60,72)(H,61,70)(H,74,75)(H4,53,54,55)/t34-,35-,36-,37-,38-,39-,40-/m0/s1. The second kappa shape index (κ2) is 30.0. The van der Waals surface area contributed by atoms with Crippen LogP contribution in [0.3, 0.4) is 0 Å². The third-order valence-corrected chi connectivity index (χ3v) is 12.8. The number of unbranched alkanes of at least 4 members (excludes halogenated alkanes) is 1. The van der Waals surface area contributed by atoms with Gasteiger partial charge in [-0.15, -0.1) is 0 Å². The summed E-state index contributed by atoms with van der Waals surface area (Å²) in [4.78, 5) is 128. The Morgan fingerprint density at radius 1 is 0.653 bits per heavy atom. The summed E-state index contributed by atoms with van der Waals surface area (Å²) in [5.41, 5.74) is 24.1. The van der Waals surface area contributed by atoms with Gasteiger partial charge in [0.25, 0.3) is 0 Å². The number of nitrogens with one attached hydrogen (secondary N) is 6. The lowest BCUT2D eigenvalue weighted by Gasteiger charge is -2.30. The summed E-state index contributed by atoms with van der Waals surface area (Å²) in [6.07, 6.45) is 2.59. The van der Waals surface area contributed by atoms with Gasteiger partial charge in [-0.2, -0.15) is 0 Å². The first kappa shape index (κ1) is 60.0. The highest BCUT2D eigenvalue weighted by molar-refractivity contribution is 5.97. The van der Waals surface area contributed by atoms with Crippen LogP contribution in [0, 0.1) is 5.92 Å². The fourth-order valence-corrected chi connectivity index (χ4v) is 8.83. The van der Waals surface area contributed by atoms with Crippen LogP contribution >= 0.6 is 0 Å². The van der Waals surface area contributed by atoms with Crippen LogP contribution in [-0.2, 0) is 56.0 Å². The fourth-order valence-electron chi connectivity index (χ4n) is 8.83. The maximum Gasteiger partial charge on any atom is 0.326 e. The molecule has 0 bridgehead atoms. The number of phenolic OH excluding ortho intramolecular Hbond substituents is 2. The van der Waals surface area contributed by atoms with Gasteiger partial charge in [0.15, 0.2) is 5.96 Å². The summed E-state index contributed by atoms with van der Waals surface area (Å²) >= 11 is 0. The second-order valence-electron chi connectivity index (χ2n) is 19.2. The van der Waals surface area contributed by atoms with E-state index < -0.39 is 109 Å². The normalized spacial score (nSPS) is 17.1. The van der Waals surface area contributed by atoms with Gasteiger partial charge in [0.05, 0.1) is 19.1 Å². The average Bonchev–Trinajstić information content (AvgIpc) is 4.08. The Kier molecular flexibility index (Phi) is 24.0. The number of guanidine groups is 1. The molecule has 2 aromatic carbocycles. The van der Waals surface area contributed by atoms with Crippen molar-refractivity contribution in [1.82, 2.24) is 41.7 Å². The van der Waals surface area contributed by atoms with Crippen molar-refractivity contribution in [3.8, 4) is 11.5 Å². The van der Waals surface area contributed by atoms with E-state index in [1.807, 2.05) is 13.8 Å². The predicted octanol–water partition coefficient (Wildman–Crippen LogP) is -2.32. The zero-order chi connectivity index (χ0) is 55.2. The van der Waals surface area contributed by atoms with Gasteiger partial charge in [-0.25, -0.2) is 4.79 Å². The highest BCUT2D eigenvalue weighted by Gasteiger charge is 2.40. The molecule has 75 heavy (non-hydrogen) atoms. The van der Waals surface area contributed by atoms with Crippen LogP contribution in [0.1, 0.15) is 89.2 Å². The second-order valence-corrected chi connectivity index (χ2v) is 19.2. The molecule has 412 valence electrons. The van der Waals surface area contributed by atoms with Gasteiger partial charge in [0.2, 0.25) is 47.3 Å². The minimum absolute atomic E-state index is 0.0304. The molecule has 0 radical (unpaired) electrons. The number of amides is 8. The molecule has 0 spiro atoms. The van der Waals surface area contributed by atoms with Gasteiger partial charge in [0.1, 0.15) is 47.8 Å². The van der Waals surface area contributed by atoms with E-state index in [0.717, 1.165) is 0 Å². The van der Waals surface area contributed by atoms with E-state index in [1.54, 1.807) is 24.3 Å². The molecule has 2 aromatic rings. The van der Waals surface area contributed by atoms with Crippen molar-refractivity contribution in [3.63, 3.8) is 0 Å². The third kappa shape index (κ3) is 19.7. The first-order chi connectivity index (χ1) is 35.7. The van der Waals surface area contributed by atoms with Crippen molar-refractivity contribution >= 4 is 59.2 Å². The molecule has 0 unspecified atom stereocenters. The van der Waals surface area contributed by atoms with Gasteiger partial charge in [-0.3, -0.25) is 43.3 Å². The molecule has 25 nitrogen and oxygen atoms in total. The number of aliphatic carboxylic acids is 1. The van der Waals surface area contributed by atoms with E-state index in [2.05, 4.69) is 36.9 Å². The van der Waals surface area contributed by atoms with Crippen molar-refractivity contribution in [2.45, 2.75) is 133 Å². The fraction of sp³-hybridized carbons (Fsp3) is 0.560. The summed E-state index contributed by atoms with van der Waals surface area (Å²) in [5, 5.41) is 45.1. The lowest BCUT2D eigenvalue weighted by atomic mass is 10.0. The molecule has 25 heteroatoms. The summed E-state index contributed by atoms with van der Waals surface area (Å²) < 4.78 is 0. The number of aliphatic imine (C=N–C) groups is 1. The molecule has 7 atom stereocenters. The number of hydrogen-bond donors (Lipinski definition) is 13. The van der Waals surface area contributed by atoms with Crippen LogP contribution in [0.25, 0.3) is 0 Å². The number of carboxylic acids is 1. The number of nitrogens with two attached hydrogens (primary N) is 4. The molecular weight excluding hydrogens is 975 g/mol. The summed E-state index contributed by atoms with van der Waals surface area (Å²) in [6.45, 7) is 3.35. The lowest BCUT2D eigenvalue weighted by Crippen LogP contribution is -2.60. The van der Waals surface area contributed by atoms with E-state index in [4.69, 9.17) is 22.9 Å². The quantitative estimate of drug-likeness (QED) is 0.0231. The maximum atomic E-state index is 14.3. The van der Waals surface area contributed by atoms with Crippen molar-refractivity contribution in [3.05, 3.63) is 59.7 Å². The van der Waals surface area contributed by atoms with Crippen LogP contribution < -0.4 is 54.8 Å². The third-order valence-electron chi connectivity index (χ3n) is 12.8. The van der Waals surface area contributed by atoms with Gasteiger partial charge < -0.3 is 80.0 Å². The predicted molar refractivity (Wildman–Crippen MR) is 275 cm³/mol. The first-order valence-electron chi connectivity index (χ1n) is 25.3. The van der Waals surface area contributed by atoms with Crippen LogP contribution in [0.15, 0.2) is 53.5 Å². The summed E-state index contributed by atoms with van der Waals surface area (Å²) in [7, 11) is 0. The molecule has 2 aliphatic heterocycles. The average molecular weight is 1050 g/mol. The Hall–Kier alpha value is -7.54. The first-order valence-corrected chi connectivity index (χ1v) is 25.3. The largest absolute Gasteiger partial charge is 0.508 e. The zero-order valence-electron chi connectivity index (χ0n) is 42.6.